The van der Waals surface area contributed by atoms with Crippen LogP contribution in [0.2, 0.25) is 0 Å². The Labute approximate surface area is 140 Å². The maximum atomic E-state index is 12.9. The average Bonchev–Trinajstić information content (AvgIpc) is 3.05. The highest BCUT2D eigenvalue weighted by Gasteiger charge is 2.15. The molecule has 1 aliphatic carbocycles. The molecule has 128 valence electrons. The highest BCUT2D eigenvalue weighted by molar-refractivity contribution is 5.77. The van der Waals surface area contributed by atoms with Crippen LogP contribution in [0.3, 0.4) is 0 Å². The fraction of sp³-hybridized carbons (Fsp3) is 0.444. The van der Waals surface area contributed by atoms with Gasteiger partial charge in [-0.15, -0.1) is 0 Å². The van der Waals surface area contributed by atoms with Crippen LogP contribution in [0.25, 0.3) is 11.3 Å². The zero-order chi connectivity index (χ0) is 16.8. The van der Waals surface area contributed by atoms with Crippen molar-refractivity contribution in [2.45, 2.75) is 44.8 Å². The van der Waals surface area contributed by atoms with Crippen molar-refractivity contribution < 1.29 is 18.4 Å². The molecule has 1 saturated carbocycles. The van der Waals surface area contributed by atoms with Gasteiger partial charge in [0.25, 0.3) is 0 Å². The number of halogens is 1. The summed E-state index contributed by atoms with van der Waals surface area (Å²) in [5, 5.41) is 6.90. The van der Waals surface area contributed by atoms with E-state index in [1.807, 2.05) is 0 Å². The van der Waals surface area contributed by atoms with Crippen molar-refractivity contribution in [3.63, 3.8) is 0 Å². The minimum absolute atomic E-state index is 0.00917. The van der Waals surface area contributed by atoms with E-state index in [0.29, 0.717) is 11.5 Å². The topological polar surface area (TPSA) is 64.4 Å². The van der Waals surface area contributed by atoms with Crippen molar-refractivity contribution in [3.8, 4) is 11.3 Å². The van der Waals surface area contributed by atoms with Gasteiger partial charge in [-0.1, -0.05) is 24.4 Å². The first-order valence-corrected chi connectivity index (χ1v) is 8.29. The maximum absolute atomic E-state index is 12.9. The van der Waals surface area contributed by atoms with E-state index >= 15 is 0 Å². The Balaban J connectivity index is 1.43. The molecule has 6 heteroatoms. The number of nitrogens with one attached hydrogen (secondary N) is 1. The van der Waals surface area contributed by atoms with Crippen molar-refractivity contribution in [1.82, 2.24) is 10.5 Å². The molecule has 0 spiro atoms. The normalized spacial score (nSPS) is 15.4. The number of benzene rings is 1. The van der Waals surface area contributed by atoms with E-state index in [-0.39, 0.29) is 31.0 Å². The maximum Gasteiger partial charge on any atom is 0.246 e. The fourth-order valence-electron chi connectivity index (χ4n) is 2.89. The molecule has 1 fully saturated rings. The van der Waals surface area contributed by atoms with Crippen LogP contribution in [0.15, 0.2) is 34.9 Å². The summed E-state index contributed by atoms with van der Waals surface area (Å²) in [7, 11) is 0. The molecular weight excluding hydrogens is 311 g/mol. The fourth-order valence-corrected chi connectivity index (χ4v) is 2.89. The molecule has 0 aliphatic heterocycles. The lowest BCUT2D eigenvalue weighted by molar-refractivity contribution is -0.127. The van der Waals surface area contributed by atoms with Crippen molar-refractivity contribution in [3.05, 3.63) is 41.8 Å². The molecule has 5 nitrogen and oxygen atoms in total. The third-order valence-electron chi connectivity index (χ3n) is 4.14. The number of amides is 1. The highest BCUT2D eigenvalue weighted by Crippen LogP contribution is 2.21. The first-order valence-electron chi connectivity index (χ1n) is 8.29. The summed E-state index contributed by atoms with van der Waals surface area (Å²) < 4.78 is 23.5. The number of nitrogens with zero attached hydrogens (tertiary/aromatic N) is 1. The Morgan fingerprint density at radius 1 is 1.25 bits per heavy atom. The molecular formula is C18H21FN2O3. The molecule has 1 N–H and O–H groups in total. The number of rotatable bonds is 6. The van der Waals surface area contributed by atoms with E-state index in [2.05, 4.69) is 10.5 Å². The van der Waals surface area contributed by atoms with Crippen LogP contribution < -0.4 is 5.32 Å². The molecule has 1 aromatic carbocycles. The van der Waals surface area contributed by atoms with Gasteiger partial charge in [0.05, 0.1) is 6.61 Å². The molecule has 1 heterocycles. The standard InChI is InChI=1S/C18H21FN2O3/c19-14-8-6-13(7-9-14)17-10-16(21-24-17)11-23-12-18(22)20-15-4-2-1-3-5-15/h6-10,15H,1-5,11-12H2,(H,20,22). The molecule has 2 aromatic rings. The molecule has 1 aromatic heterocycles. The second-order valence-corrected chi connectivity index (χ2v) is 6.08. The number of hydrogen-bond donors (Lipinski definition) is 1. The molecule has 0 atom stereocenters. The Kier molecular flexibility index (Phi) is 5.59. The minimum Gasteiger partial charge on any atom is -0.365 e. The van der Waals surface area contributed by atoms with E-state index in [1.54, 1.807) is 18.2 Å². The van der Waals surface area contributed by atoms with Crippen molar-refractivity contribution in [2.75, 3.05) is 6.61 Å². The zero-order valence-electron chi connectivity index (χ0n) is 13.5. The van der Waals surface area contributed by atoms with Crippen LogP contribution in [0.4, 0.5) is 4.39 Å². The second kappa shape index (κ2) is 8.06. The van der Waals surface area contributed by atoms with Crippen molar-refractivity contribution in [1.29, 1.82) is 0 Å². The Bertz CT molecular complexity index is 663. The summed E-state index contributed by atoms with van der Waals surface area (Å²) in [6.07, 6.45) is 5.71. The Morgan fingerprint density at radius 3 is 2.75 bits per heavy atom. The Morgan fingerprint density at radius 2 is 2.00 bits per heavy atom. The summed E-state index contributed by atoms with van der Waals surface area (Å²) in [5.74, 6) is 0.148. The number of aromatic nitrogens is 1. The molecule has 3 rings (SSSR count). The van der Waals surface area contributed by atoms with Crippen LogP contribution in [-0.4, -0.2) is 23.7 Å². The van der Waals surface area contributed by atoms with E-state index in [4.69, 9.17) is 9.26 Å². The smallest absolute Gasteiger partial charge is 0.246 e. The first-order chi connectivity index (χ1) is 11.7. The monoisotopic (exact) mass is 332 g/mol. The highest BCUT2D eigenvalue weighted by atomic mass is 19.1. The molecule has 1 aliphatic rings. The van der Waals surface area contributed by atoms with Gasteiger partial charge in [0.2, 0.25) is 5.91 Å². The van der Waals surface area contributed by atoms with Gasteiger partial charge in [-0.3, -0.25) is 4.79 Å². The molecule has 24 heavy (non-hydrogen) atoms. The average molecular weight is 332 g/mol. The number of hydrogen-bond acceptors (Lipinski definition) is 4. The summed E-state index contributed by atoms with van der Waals surface area (Å²) in [4.78, 5) is 11.8. The van der Waals surface area contributed by atoms with Gasteiger partial charge in [-0.25, -0.2) is 4.39 Å². The number of ether oxygens (including phenoxy) is 1. The summed E-state index contributed by atoms with van der Waals surface area (Å²) in [6, 6.07) is 7.99. The van der Waals surface area contributed by atoms with Crippen LogP contribution >= 0.6 is 0 Å². The molecule has 1 amide bonds. The predicted molar refractivity (Wildman–Crippen MR) is 86.6 cm³/mol. The van der Waals surface area contributed by atoms with E-state index in [9.17, 15) is 9.18 Å². The van der Waals surface area contributed by atoms with Crippen LogP contribution in [0.5, 0.6) is 0 Å². The van der Waals surface area contributed by atoms with Gasteiger partial charge >= 0.3 is 0 Å². The third kappa shape index (κ3) is 4.64. The lowest BCUT2D eigenvalue weighted by Crippen LogP contribution is -2.38. The van der Waals surface area contributed by atoms with E-state index in [0.717, 1.165) is 18.4 Å². The van der Waals surface area contributed by atoms with Crippen LogP contribution in [-0.2, 0) is 16.1 Å². The number of carbonyl (C=O) groups excluding carboxylic acids is 1. The van der Waals surface area contributed by atoms with Crippen molar-refractivity contribution >= 4 is 5.91 Å². The van der Waals surface area contributed by atoms with Gasteiger partial charge < -0.3 is 14.6 Å². The summed E-state index contributed by atoms with van der Waals surface area (Å²) in [6.45, 7) is 0.206. The molecule has 0 radical (unpaired) electrons. The molecule has 0 unspecified atom stereocenters. The van der Waals surface area contributed by atoms with Crippen LogP contribution in [0.1, 0.15) is 37.8 Å². The lowest BCUT2D eigenvalue weighted by Gasteiger charge is -2.22. The summed E-state index contributed by atoms with van der Waals surface area (Å²) >= 11 is 0. The third-order valence-corrected chi connectivity index (χ3v) is 4.14. The Hall–Kier alpha value is -2.21. The first kappa shape index (κ1) is 16.6. The van der Waals surface area contributed by atoms with Gasteiger partial charge in [-0.2, -0.15) is 0 Å². The molecule has 0 bridgehead atoms. The SMILES string of the molecule is O=C(COCc1cc(-c2ccc(F)cc2)on1)NC1CCCCC1. The summed E-state index contributed by atoms with van der Waals surface area (Å²) in [5.41, 5.74) is 1.34. The lowest BCUT2D eigenvalue weighted by atomic mass is 9.95. The van der Waals surface area contributed by atoms with Gasteiger partial charge in [0.1, 0.15) is 18.1 Å². The zero-order valence-corrected chi connectivity index (χ0v) is 13.5. The van der Waals surface area contributed by atoms with E-state index in [1.165, 1.54) is 31.4 Å². The minimum atomic E-state index is -0.300. The molecule has 0 saturated heterocycles. The number of carbonyl (C=O) groups is 1. The van der Waals surface area contributed by atoms with E-state index < -0.39 is 0 Å². The second-order valence-electron chi connectivity index (χ2n) is 6.08. The predicted octanol–water partition coefficient (Wildman–Crippen LogP) is 3.45. The largest absolute Gasteiger partial charge is 0.365 e. The van der Waals surface area contributed by atoms with Gasteiger partial charge in [-0.05, 0) is 37.1 Å². The quantitative estimate of drug-likeness (QED) is 0.880. The van der Waals surface area contributed by atoms with Gasteiger partial charge in [0, 0.05) is 17.7 Å². The van der Waals surface area contributed by atoms with Crippen molar-refractivity contribution in [2.24, 2.45) is 0 Å². The van der Waals surface area contributed by atoms with Crippen LogP contribution in [0, 0.1) is 5.82 Å². The van der Waals surface area contributed by atoms with Gasteiger partial charge in [0.15, 0.2) is 5.76 Å².